The highest BCUT2D eigenvalue weighted by molar-refractivity contribution is 6.10. The summed E-state index contributed by atoms with van der Waals surface area (Å²) in [7, 11) is 4.02. The van der Waals surface area contributed by atoms with Crippen LogP contribution in [0.5, 0.6) is 0 Å². The molecule has 2 aromatic rings. The molecule has 0 saturated carbocycles. The van der Waals surface area contributed by atoms with Crippen LogP contribution >= 0.6 is 0 Å². The van der Waals surface area contributed by atoms with E-state index in [1.807, 2.05) is 50.5 Å². The molecule has 0 aromatic heterocycles. The van der Waals surface area contributed by atoms with Crippen molar-refractivity contribution in [2.45, 2.75) is 13.1 Å². The normalized spacial score (nSPS) is 13.3. The van der Waals surface area contributed by atoms with E-state index in [1.54, 1.807) is 6.07 Å². The van der Waals surface area contributed by atoms with Gasteiger partial charge < -0.3 is 10.2 Å². The monoisotopic (exact) mass is 349 g/mol. The highest BCUT2D eigenvalue weighted by Gasteiger charge is 2.31. The first-order valence-corrected chi connectivity index (χ1v) is 8.55. The second-order valence-electron chi connectivity index (χ2n) is 6.67. The average molecular weight is 349 g/mol. The Labute approximate surface area is 153 Å². The minimum absolute atomic E-state index is 0.0256. The van der Waals surface area contributed by atoms with E-state index in [4.69, 9.17) is 0 Å². The van der Waals surface area contributed by atoms with Gasteiger partial charge in [0.05, 0.1) is 0 Å². The number of carbonyl (C=O) groups excluding carboxylic acids is 2. The fraction of sp³-hybridized carbons (Fsp3) is 0.238. The van der Waals surface area contributed by atoms with Crippen molar-refractivity contribution in [2.24, 2.45) is 0 Å². The summed E-state index contributed by atoms with van der Waals surface area (Å²) in [5.41, 5.74) is 4.22. The zero-order chi connectivity index (χ0) is 18.7. The zero-order valence-electron chi connectivity index (χ0n) is 15.2. The van der Waals surface area contributed by atoms with E-state index in [1.165, 1.54) is 10.5 Å². The lowest BCUT2D eigenvalue weighted by Gasteiger charge is -2.18. The highest BCUT2D eigenvalue weighted by atomic mass is 16.2. The van der Waals surface area contributed by atoms with Crippen LogP contribution in [0.4, 0.5) is 0 Å². The zero-order valence-corrected chi connectivity index (χ0v) is 15.2. The molecule has 0 aliphatic carbocycles. The van der Waals surface area contributed by atoms with E-state index in [0.29, 0.717) is 17.8 Å². The van der Waals surface area contributed by atoms with Crippen molar-refractivity contribution in [3.63, 3.8) is 0 Å². The molecule has 2 amide bonds. The van der Waals surface area contributed by atoms with Crippen LogP contribution in [-0.2, 0) is 17.9 Å². The fourth-order valence-electron chi connectivity index (χ4n) is 3.12. The number of hydrogen-bond donors (Lipinski definition) is 1. The molecule has 2 aromatic carbocycles. The summed E-state index contributed by atoms with van der Waals surface area (Å²) >= 11 is 0. The first kappa shape index (κ1) is 17.9. The summed E-state index contributed by atoms with van der Waals surface area (Å²) in [4.78, 5) is 28.4. The number of benzene rings is 2. The maximum absolute atomic E-state index is 12.5. The van der Waals surface area contributed by atoms with Crippen LogP contribution in [0.1, 0.15) is 27.0 Å². The topological polar surface area (TPSA) is 52.7 Å². The summed E-state index contributed by atoms with van der Waals surface area (Å²) in [5.74, 6) is -0.374. The molecular formula is C21H23N3O2. The number of rotatable bonds is 6. The number of nitrogens with one attached hydrogen (secondary N) is 1. The van der Waals surface area contributed by atoms with Gasteiger partial charge in [-0.15, -0.1) is 0 Å². The van der Waals surface area contributed by atoms with E-state index >= 15 is 0 Å². The Morgan fingerprint density at radius 1 is 1.04 bits per heavy atom. The minimum atomic E-state index is -0.202. The maximum Gasteiger partial charge on any atom is 0.259 e. The van der Waals surface area contributed by atoms with Crippen molar-refractivity contribution in [1.29, 1.82) is 0 Å². The van der Waals surface area contributed by atoms with Gasteiger partial charge in [-0.05, 0) is 31.3 Å². The Bertz CT molecular complexity index is 823. The molecule has 1 N–H and O–H groups in total. The van der Waals surface area contributed by atoms with E-state index in [2.05, 4.69) is 22.9 Å². The number of hydrogen-bond acceptors (Lipinski definition) is 3. The van der Waals surface area contributed by atoms with Gasteiger partial charge in [0.1, 0.15) is 6.54 Å². The van der Waals surface area contributed by atoms with Crippen molar-refractivity contribution in [1.82, 2.24) is 15.1 Å². The molecule has 134 valence electrons. The molecule has 0 radical (unpaired) electrons. The van der Waals surface area contributed by atoms with Crippen LogP contribution < -0.4 is 5.32 Å². The van der Waals surface area contributed by atoms with E-state index in [0.717, 1.165) is 17.7 Å². The van der Waals surface area contributed by atoms with Gasteiger partial charge in [-0.3, -0.25) is 14.5 Å². The number of carbonyl (C=O) groups is 2. The number of fused-ring (bicyclic) bond motifs is 1. The molecular weight excluding hydrogens is 326 g/mol. The van der Waals surface area contributed by atoms with Crippen LogP contribution in [0.3, 0.4) is 0 Å². The first-order chi connectivity index (χ1) is 12.5. The Hall–Kier alpha value is -2.92. The Morgan fingerprint density at radius 3 is 2.31 bits per heavy atom. The van der Waals surface area contributed by atoms with Crippen LogP contribution in [0, 0.1) is 0 Å². The summed E-state index contributed by atoms with van der Waals surface area (Å²) in [6.07, 6.45) is 0. The number of amides is 2. The van der Waals surface area contributed by atoms with E-state index < -0.39 is 0 Å². The number of nitrogens with zero attached hydrogens (tertiary/aromatic N) is 2. The highest BCUT2D eigenvalue weighted by Crippen LogP contribution is 2.30. The molecule has 1 heterocycles. The van der Waals surface area contributed by atoms with Gasteiger partial charge in [-0.2, -0.15) is 0 Å². The molecule has 1 aliphatic heterocycles. The SMILES string of the molecule is C=C1c2ccccc2C(=O)N1CC(=O)NCc1ccccc1CN(C)C. The van der Waals surface area contributed by atoms with Crippen molar-refractivity contribution >= 4 is 17.5 Å². The lowest BCUT2D eigenvalue weighted by molar-refractivity contribution is -0.121. The summed E-state index contributed by atoms with van der Waals surface area (Å²) < 4.78 is 0. The Balaban J connectivity index is 1.63. The van der Waals surface area contributed by atoms with Gasteiger partial charge in [-0.1, -0.05) is 49.0 Å². The van der Waals surface area contributed by atoms with Gasteiger partial charge in [0.15, 0.2) is 0 Å². The van der Waals surface area contributed by atoms with Crippen LogP contribution in [-0.4, -0.2) is 42.3 Å². The molecule has 5 nitrogen and oxygen atoms in total. The van der Waals surface area contributed by atoms with Gasteiger partial charge in [0.25, 0.3) is 5.91 Å². The van der Waals surface area contributed by atoms with Crippen molar-refractivity contribution in [3.05, 3.63) is 77.4 Å². The molecule has 1 aliphatic rings. The van der Waals surface area contributed by atoms with Crippen molar-refractivity contribution < 1.29 is 9.59 Å². The van der Waals surface area contributed by atoms with Gasteiger partial charge in [0, 0.05) is 29.9 Å². The smallest absolute Gasteiger partial charge is 0.259 e. The third-order valence-corrected chi connectivity index (χ3v) is 4.42. The molecule has 5 heteroatoms. The predicted molar refractivity (Wildman–Crippen MR) is 102 cm³/mol. The second-order valence-corrected chi connectivity index (χ2v) is 6.67. The molecule has 0 fully saturated rings. The summed E-state index contributed by atoms with van der Waals surface area (Å²) in [6.45, 7) is 5.18. The molecule has 0 unspecified atom stereocenters. The van der Waals surface area contributed by atoms with E-state index in [9.17, 15) is 9.59 Å². The quantitative estimate of drug-likeness (QED) is 0.872. The van der Waals surface area contributed by atoms with Gasteiger partial charge in [0.2, 0.25) is 5.91 Å². The first-order valence-electron chi connectivity index (χ1n) is 8.55. The van der Waals surface area contributed by atoms with Crippen molar-refractivity contribution in [2.75, 3.05) is 20.6 Å². The molecule has 26 heavy (non-hydrogen) atoms. The third-order valence-electron chi connectivity index (χ3n) is 4.42. The molecule has 0 spiro atoms. The second kappa shape index (κ2) is 7.54. The van der Waals surface area contributed by atoms with Crippen molar-refractivity contribution in [3.8, 4) is 0 Å². The fourth-order valence-corrected chi connectivity index (χ4v) is 3.12. The average Bonchev–Trinajstić information content (AvgIpc) is 2.86. The summed E-state index contributed by atoms with van der Waals surface area (Å²) in [5, 5.41) is 2.91. The van der Waals surface area contributed by atoms with Gasteiger partial charge >= 0.3 is 0 Å². The maximum atomic E-state index is 12.5. The van der Waals surface area contributed by atoms with E-state index in [-0.39, 0.29) is 18.4 Å². The molecule has 0 atom stereocenters. The lowest BCUT2D eigenvalue weighted by Crippen LogP contribution is -2.36. The Kier molecular flexibility index (Phi) is 5.19. The predicted octanol–water partition coefficient (Wildman–Crippen LogP) is 2.49. The lowest BCUT2D eigenvalue weighted by atomic mass is 10.1. The van der Waals surface area contributed by atoms with Crippen LogP contribution in [0.2, 0.25) is 0 Å². The standard InChI is InChI=1S/C21H23N3O2/c1-15-18-10-6-7-11-19(18)21(26)24(15)14-20(25)22-12-16-8-4-5-9-17(16)13-23(2)3/h4-11H,1,12-14H2,2-3H3,(H,22,25). The molecule has 3 rings (SSSR count). The van der Waals surface area contributed by atoms with Crippen LogP contribution in [0.15, 0.2) is 55.1 Å². The van der Waals surface area contributed by atoms with Crippen LogP contribution in [0.25, 0.3) is 5.70 Å². The summed E-state index contributed by atoms with van der Waals surface area (Å²) in [6, 6.07) is 15.3. The third kappa shape index (κ3) is 3.68. The minimum Gasteiger partial charge on any atom is -0.350 e. The van der Waals surface area contributed by atoms with Gasteiger partial charge in [-0.25, -0.2) is 0 Å². The molecule has 0 bridgehead atoms. The largest absolute Gasteiger partial charge is 0.350 e. The molecule has 0 saturated heterocycles. The Morgan fingerprint density at radius 2 is 1.65 bits per heavy atom.